The van der Waals surface area contributed by atoms with Gasteiger partial charge in [0.15, 0.2) is 0 Å². The van der Waals surface area contributed by atoms with Gasteiger partial charge in [0.25, 0.3) is 0 Å². The van der Waals surface area contributed by atoms with E-state index in [1.165, 1.54) is 31.3 Å². The van der Waals surface area contributed by atoms with Crippen molar-refractivity contribution in [1.82, 2.24) is 0 Å². The predicted molar refractivity (Wildman–Crippen MR) is 60.6 cm³/mol. The Bertz CT molecular complexity index is 310. The second kappa shape index (κ2) is 2.75. The van der Waals surface area contributed by atoms with Crippen molar-refractivity contribution in [2.24, 2.45) is 16.6 Å². The van der Waals surface area contributed by atoms with Crippen LogP contribution in [0.25, 0.3) is 0 Å². The topological polar surface area (TPSA) is 26.0 Å². The number of allylic oxidation sites excluding steroid dienone is 3. The largest absolute Gasteiger partial charge is 0.399 e. The Morgan fingerprint density at radius 1 is 1.36 bits per heavy atom. The molecular weight excluding hydrogens is 170 g/mol. The van der Waals surface area contributed by atoms with E-state index in [1.807, 2.05) is 12.2 Å². The Kier molecular flexibility index (Phi) is 1.88. The van der Waals surface area contributed by atoms with Gasteiger partial charge in [0, 0.05) is 5.70 Å². The fourth-order valence-electron chi connectivity index (χ4n) is 3.02. The van der Waals surface area contributed by atoms with Crippen molar-refractivity contribution < 1.29 is 0 Å². The molecule has 14 heavy (non-hydrogen) atoms. The lowest BCUT2D eigenvalue weighted by atomic mass is 9.57. The summed E-state index contributed by atoms with van der Waals surface area (Å²) in [6, 6.07) is 0. The molecule has 1 heteroatoms. The van der Waals surface area contributed by atoms with E-state index >= 15 is 0 Å². The number of nitrogens with two attached hydrogens (primary N) is 1. The van der Waals surface area contributed by atoms with Crippen LogP contribution in [-0.4, -0.2) is 0 Å². The Morgan fingerprint density at radius 3 is 2.29 bits per heavy atom. The van der Waals surface area contributed by atoms with Crippen LogP contribution in [0.5, 0.6) is 0 Å². The lowest BCUT2D eigenvalue weighted by Crippen LogP contribution is -2.37. The van der Waals surface area contributed by atoms with Gasteiger partial charge >= 0.3 is 0 Å². The molecule has 0 saturated heterocycles. The number of rotatable bonds is 3. The summed E-state index contributed by atoms with van der Waals surface area (Å²) in [5.41, 5.74) is 8.55. The molecule has 0 aromatic heterocycles. The van der Waals surface area contributed by atoms with Crippen LogP contribution in [-0.2, 0) is 0 Å². The number of hydrogen-bond donors (Lipinski definition) is 1. The van der Waals surface area contributed by atoms with E-state index in [1.54, 1.807) is 0 Å². The van der Waals surface area contributed by atoms with Gasteiger partial charge in [-0.2, -0.15) is 0 Å². The Balaban J connectivity index is 2.12. The smallest absolute Gasteiger partial charge is 0.0243 e. The molecular formula is C13H19N. The first-order valence-electron chi connectivity index (χ1n) is 5.29. The Labute approximate surface area is 86.4 Å². The molecule has 2 N–H and O–H groups in total. The highest BCUT2D eigenvalue weighted by atomic mass is 14.6. The maximum absolute atomic E-state index is 5.61. The molecule has 1 spiro atoms. The lowest BCUT2D eigenvalue weighted by molar-refractivity contribution is 0.0977. The fraction of sp³-hybridized carbons (Fsp3) is 0.538. The quantitative estimate of drug-likeness (QED) is 0.678. The molecule has 2 aliphatic rings. The van der Waals surface area contributed by atoms with Gasteiger partial charge in [0.1, 0.15) is 0 Å². The monoisotopic (exact) mass is 189 g/mol. The molecule has 1 nitrogen and oxygen atoms in total. The second-order valence-corrected chi connectivity index (χ2v) is 5.29. The molecule has 0 radical (unpaired) electrons. The highest BCUT2D eigenvalue weighted by Gasteiger charge is 2.59. The third-order valence-corrected chi connectivity index (χ3v) is 3.75. The van der Waals surface area contributed by atoms with E-state index in [4.69, 9.17) is 5.73 Å². The van der Waals surface area contributed by atoms with Crippen LogP contribution >= 0.6 is 0 Å². The van der Waals surface area contributed by atoms with Gasteiger partial charge in [-0.15, -0.1) is 0 Å². The molecule has 0 bridgehead atoms. The van der Waals surface area contributed by atoms with Gasteiger partial charge in [0.2, 0.25) is 0 Å². The number of hydrogen-bond acceptors (Lipinski definition) is 1. The van der Waals surface area contributed by atoms with Gasteiger partial charge in [0.05, 0.1) is 0 Å². The maximum atomic E-state index is 5.61. The Hall–Kier alpha value is -0.980. The van der Waals surface area contributed by atoms with Crippen molar-refractivity contribution in [3.63, 3.8) is 0 Å². The zero-order valence-corrected chi connectivity index (χ0v) is 8.97. The molecule has 2 aliphatic carbocycles. The molecule has 2 fully saturated rings. The summed E-state index contributed by atoms with van der Waals surface area (Å²) in [4.78, 5) is 0. The summed E-state index contributed by atoms with van der Waals surface area (Å²) in [7, 11) is 0. The van der Waals surface area contributed by atoms with Crippen LogP contribution in [0, 0.1) is 10.8 Å². The van der Waals surface area contributed by atoms with Crippen LogP contribution in [0.1, 0.15) is 32.6 Å². The maximum Gasteiger partial charge on any atom is 0.0243 e. The fourth-order valence-corrected chi connectivity index (χ4v) is 3.02. The third kappa shape index (κ3) is 1.41. The summed E-state index contributed by atoms with van der Waals surface area (Å²) >= 11 is 0. The van der Waals surface area contributed by atoms with Gasteiger partial charge < -0.3 is 5.73 Å². The first kappa shape index (κ1) is 9.57. The summed E-state index contributed by atoms with van der Waals surface area (Å²) in [6.45, 7) is 9.90. The standard InChI is InChI=1S/C13H19N/c1-4-11(7-10(2)14)12(3)8-13(9-12)5-6-13/h4,7H,1-2,5-6,8-9,14H2,3H3/b11-7+. The molecule has 0 aliphatic heterocycles. The van der Waals surface area contributed by atoms with Crippen molar-refractivity contribution in [2.75, 3.05) is 0 Å². The van der Waals surface area contributed by atoms with Crippen LogP contribution in [0.3, 0.4) is 0 Å². The summed E-state index contributed by atoms with van der Waals surface area (Å²) in [5.74, 6) is 0. The second-order valence-electron chi connectivity index (χ2n) is 5.29. The molecule has 2 saturated carbocycles. The minimum atomic E-state index is 0.320. The molecule has 0 heterocycles. The van der Waals surface area contributed by atoms with Crippen molar-refractivity contribution in [1.29, 1.82) is 0 Å². The lowest BCUT2D eigenvalue weighted by Gasteiger charge is -2.47. The molecule has 0 aromatic carbocycles. The summed E-state index contributed by atoms with van der Waals surface area (Å²) in [6.07, 6.45) is 9.39. The normalized spacial score (nSPS) is 26.8. The molecule has 2 rings (SSSR count). The van der Waals surface area contributed by atoms with Gasteiger partial charge in [-0.3, -0.25) is 0 Å². The molecule has 76 valence electrons. The predicted octanol–water partition coefficient (Wildman–Crippen LogP) is 3.15. The van der Waals surface area contributed by atoms with Crippen molar-refractivity contribution in [3.8, 4) is 0 Å². The van der Waals surface area contributed by atoms with Crippen LogP contribution in [0.2, 0.25) is 0 Å². The van der Waals surface area contributed by atoms with Gasteiger partial charge in [-0.05, 0) is 48.2 Å². The SMILES string of the molecule is C=C/C(=C\C(=C)N)C1(C)CC2(CC2)C1. The summed E-state index contributed by atoms with van der Waals surface area (Å²) < 4.78 is 0. The van der Waals surface area contributed by atoms with Crippen LogP contribution in [0.15, 0.2) is 36.6 Å². The average Bonchev–Trinajstić information content (AvgIpc) is 2.78. The summed E-state index contributed by atoms with van der Waals surface area (Å²) in [5, 5.41) is 0. The molecule has 0 amide bonds. The molecule has 0 atom stereocenters. The minimum absolute atomic E-state index is 0.320. The molecule has 0 unspecified atom stereocenters. The average molecular weight is 189 g/mol. The third-order valence-electron chi connectivity index (χ3n) is 3.75. The van der Waals surface area contributed by atoms with Crippen molar-refractivity contribution >= 4 is 0 Å². The van der Waals surface area contributed by atoms with E-state index in [0.717, 1.165) is 0 Å². The highest BCUT2D eigenvalue weighted by Crippen LogP contribution is 2.70. The van der Waals surface area contributed by atoms with E-state index in [9.17, 15) is 0 Å². The van der Waals surface area contributed by atoms with Crippen LogP contribution in [0.4, 0.5) is 0 Å². The minimum Gasteiger partial charge on any atom is -0.399 e. The van der Waals surface area contributed by atoms with Gasteiger partial charge in [-0.1, -0.05) is 26.2 Å². The van der Waals surface area contributed by atoms with Crippen molar-refractivity contribution in [2.45, 2.75) is 32.6 Å². The van der Waals surface area contributed by atoms with E-state index in [-0.39, 0.29) is 0 Å². The highest BCUT2D eigenvalue weighted by molar-refractivity contribution is 5.35. The van der Waals surface area contributed by atoms with Gasteiger partial charge in [-0.25, -0.2) is 0 Å². The zero-order valence-electron chi connectivity index (χ0n) is 8.97. The zero-order chi connectivity index (χ0) is 10.4. The Morgan fingerprint density at radius 2 is 1.93 bits per heavy atom. The molecule has 0 aromatic rings. The van der Waals surface area contributed by atoms with E-state index in [0.29, 0.717) is 16.5 Å². The van der Waals surface area contributed by atoms with Crippen molar-refractivity contribution in [3.05, 3.63) is 36.6 Å². The van der Waals surface area contributed by atoms with E-state index < -0.39 is 0 Å². The van der Waals surface area contributed by atoms with E-state index in [2.05, 4.69) is 20.1 Å². The van der Waals surface area contributed by atoms with Crippen LogP contribution < -0.4 is 5.73 Å². The first-order chi connectivity index (χ1) is 6.50. The first-order valence-corrected chi connectivity index (χ1v) is 5.29.